The Labute approximate surface area is 285 Å². The average molecular weight is 632 g/mol. The highest BCUT2D eigenvalue weighted by atomic mass is 32.1. The maximum Gasteiger partial charge on any atom is 0.0720 e. The molecule has 1 spiro atoms. The van der Waals surface area contributed by atoms with Gasteiger partial charge in [-0.1, -0.05) is 147 Å². The Kier molecular flexibility index (Phi) is 5.78. The summed E-state index contributed by atoms with van der Waals surface area (Å²) in [5, 5.41) is 2.61. The van der Waals surface area contributed by atoms with E-state index in [9.17, 15) is 0 Å². The van der Waals surface area contributed by atoms with Crippen LogP contribution in [0.25, 0.3) is 31.3 Å². The first-order valence-corrected chi connectivity index (χ1v) is 17.6. The van der Waals surface area contributed by atoms with Crippen LogP contribution in [-0.2, 0) is 10.8 Å². The molecule has 2 aliphatic rings. The lowest BCUT2D eigenvalue weighted by Crippen LogP contribution is -2.40. The van der Waals surface area contributed by atoms with Crippen LogP contribution in [0, 0.1) is 0 Å². The van der Waals surface area contributed by atoms with Gasteiger partial charge < -0.3 is 4.90 Å². The first-order chi connectivity index (χ1) is 23.6. The third kappa shape index (κ3) is 3.51. The van der Waals surface area contributed by atoms with Gasteiger partial charge >= 0.3 is 0 Å². The number of hydrogen-bond donors (Lipinski definition) is 0. The van der Waals surface area contributed by atoms with E-state index in [1.165, 1.54) is 76.1 Å². The molecular weight excluding hydrogens is 599 g/mol. The molecule has 0 fully saturated rings. The summed E-state index contributed by atoms with van der Waals surface area (Å²) in [6.07, 6.45) is 0. The maximum absolute atomic E-state index is 2.51. The van der Waals surface area contributed by atoms with Crippen LogP contribution in [-0.4, -0.2) is 0 Å². The second-order valence-corrected chi connectivity index (χ2v) is 14.7. The highest BCUT2D eigenvalue weighted by molar-refractivity contribution is 7.26. The second-order valence-electron chi connectivity index (χ2n) is 13.6. The molecule has 2 heteroatoms. The highest BCUT2D eigenvalue weighted by Crippen LogP contribution is 2.64. The van der Waals surface area contributed by atoms with Crippen molar-refractivity contribution >= 4 is 48.6 Å². The molecule has 2 aliphatic carbocycles. The molecule has 7 aromatic carbocycles. The predicted molar refractivity (Wildman–Crippen MR) is 203 cm³/mol. The van der Waals surface area contributed by atoms with Crippen LogP contribution >= 0.6 is 11.3 Å². The molecule has 10 rings (SSSR count). The topological polar surface area (TPSA) is 3.24 Å². The molecule has 0 N–H and O–H groups in total. The number of anilines is 3. The highest BCUT2D eigenvalue weighted by Gasteiger charge is 2.53. The third-order valence-corrected chi connectivity index (χ3v) is 12.1. The fourth-order valence-electron chi connectivity index (χ4n) is 8.97. The Hall–Kier alpha value is -5.44. The number of thiophene rings is 1. The lowest BCUT2D eigenvalue weighted by Gasteiger charge is -2.46. The standard InChI is InChI=1S/C46H33NS/c1-45(2)35-22-9-11-24-37(35)46(38-25-12-10-23-36(38)45)34-21-8-6-19-33(34)43-39(46)26-15-27-40(43)47(30-16-4-3-5-17-30)41-28-14-20-32-31-18-7-13-29-42(31)48-44(32)41/h3-29H,1-2H3. The Morgan fingerprint density at radius 3 is 1.73 bits per heavy atom. The van der Waals surface area contributed by atoms with Crippen LogP contribution in [0.4, 0.5) is 17.1 Å². The zero-order chi connectivity index (χ0) is 32.0. The summed E-state index contributed by atoms with van der Waals surface area (Å²) in [6.45, 7) is 4.77. The molecule has 1 aromatic heterocycles. The Morgan fingerprint density at radius 1 is 0.438 bits per heavy atom. The summed E-state index contributed by atoms with van der Waals surface area (Å²) in [5.74, 6) is 0. The number of rotatable bonds is 3. The molecule has 0 atom stereocenters. The van der Waals surface area contributed by atoms with Gasteiger partial charge in [0, 0.05) is 32.1 Å². The first-order valence-electron chi connectivity index (χ1n) is 16.8. The molecule has 0 unspecified atom stereocenters. The van der Waals surface area contributed by atoms with E-state index in [1.54, 1.807) is 0 Å². The molecule has 0 amide bonds. The quantitative estimate of drug-likeness (QED) is 0.188. The normalized spacial score (nSPS) is 14.8. The Balaban J connectivity index is 1.34. The van der Waals surface area contributed by atoms with E-state index in [4.69, 9.17) is 0 Å². The van der Waals surface area contributed by atoms with Crippen molar-refractivity contribution in [2.24, 2.45) is 0 Å². The van der Waals surface area contributed by atoms with Crippen molar-refractivity contribution in [2.75, 3.05) is 4.90 Å². The molecule has 0 radical (unpaired) electrons. The van der Waals surface area contributed by atoms with Gasteiger partial charge in [-0.3, -0.25) is 0 Å². The fraction of sp³-hybridized carbons (Fsp3) is 0.0870. The van der Waals surface area contributed by atoms with E-state index in [-0.39, 0.29) is 5.41 Å². The summed E-state index contributed by atoms with van der Waals surface area (Å²) >= 11 is 1.89. The number of fused-ring (bicyclic) bond motifs is 12. The van der Waals surface area contributed by atoms with E-state index in [0.29, 0.717) is 0 Å². The molecular formula is C46H33NS. The smallest absolute Gasteiger partial charge is 0.0720 e. The van der Waals surface area contributed by atoms with Crippen molar-refractivity contribution in [1.82, 2.24) is 0 Å². The van der Waals surface area contributed by atoms with Gasteiger partial charge in [0.2, 0.25) is 0 Å². The summed E-state index contributed by atoms with van der Waals surface area (Å²) in [6, 6.07) is 61.1. The molecule has 0 saturated carbocycles. The lowest BCUT2D eigenvalue weighted by molar-refractivity contribution is 0.563. The van der Waals surface area contributed by atoms with Gasteiger partial charge in [0.1, 0.15) is 0 Å². The summed E-state index contributed by atoms with van der Waals surface area (Å²) in [7, 11) is 0. The van der Waals surface area contributed by atoms with Gasteiger partial charge in [0.25, 0.3) is 0 Å². The zero-order valence-electron chi connectivity index (χ0n) is 26.9. The molecule has 0 aliphatic heterocycles. The van der Waals surface area contributed by atoms with Crippen molar-refractivity contribution in [3.63, 3.8) is 0 Å². The molecule has 1 heterocycles. The average Bonchev–Trinajstić information content (AvgIpc) is 3.67. The van der Waals surface area contributed by atoms with Crippen LogP contribution in [0.5, 0.6) is 0 Å². The van der Waals surface area contributed by atoms with Gasteiger partial charge in [-0.05, 0) is 69.3 Å². The maximum atomic E-state index is 2.51. The van der Waals surface area contributed by atoms with E-state index >= 15 is 0 Å². The van der Waals surface area contributed by atoms with Crippen LogP contribution in [0.3, 0.4) is 0 Å². The van der Waals surface area contributed by atoms with E-state index < -0.39 is 5.41 Å². The van der Waals surface area contributed by atoms with Crippen LogP contribution in [0.1, 0.15) is 47.2 Å². The van der Waals surface area contributed by atoms with Gasteiger partial charge in [-0.15, -0.1) is 11.3 Å². The van der Waals surface area contributed by atoms with Crippen molar-refractivity contribution in [2.45, 2.75) is 24.7 Å². The SMILES string of the molecule is CC1(C)c2ccccc2C2(c3ccccc3-c3c(N(c4ccccc4)c4cccc5c4sc4ccccc45)cccc32)c2ccccc21. The molecule has 0 bridgehead atoms. The van der Waals surface area contributed by atoms with Gasteiger partial charge in [0.05, 0.1) is 21.5 Å². The summed E-state index contributed by atoms with van der Waals surface area (Å²) in [5.41, 5.74) is 13.9. The minimum atomic E-state index is -0.434. The van der Waals surface area contributed by atoms with Crippen LogP contribution < -0.4 is 4.90 Å². The Morgan fingerprint density at radius 2 is 0.979 bits per heavy atom. The molecule has 0 saturated heterocycles. The number of para-hydroxylation sites is 1. The molecule has 8 aromatic rings. The predicted octanol–water partition coefficient (Wildman–Crippen LogP) is 12.5. The molecule has 48 heavy (non-hydrogen) atoms. The van der Waals surface area contributed by atoms with Crippen molar-refractivity contribution in [1.29, 1.82) is 0 Å². The third-order valence-electron chi connectivity index (χ3n) is 10.9. The van der Waals surface area contributed by atoms with Crippen LogP contribution in [0.15, 0.2) is 164 Å². The number of nitrogens with zero attached hydrogens (tertiary/aromatic N) is 1. The van der Waals surface area contributed by atoms with Gasteiger partial charge in [-0.2, -0.15) is 0 Å². The van der Waals surface area contributed by atoms with E-state index in [2.05, 4.69) is 183 Å². The number of hydrogen-bond acceptors (Lipinski definition) is 2. The van der Waals surface area contributed by atoms with Crippen molar-refractivity contribution in [3.05, 3.63) is 197 Å². The minimum absolute atomic E-state index is 0.124. The monoisotopic (exact) mass is 631 g/mol. The lowest BCUT2D eigenvalue weighted by atomic mass is 9.55. The molecule has 1 nitrogen and oxygen atoms in total. The minimum Gasteiger partial charge on any atom is -0.308 e. The fourth-order valence-corrected chi connectivity index (χ4v) is 10.2. The van der Waals surface area contributed by atoms with Crippen molar-refractivity contribution < 1.29 is 0 Å². The summed E-state index contributed by atoms with van der Waals surface area (Å²) in [4.78, 5) is 2.51. The van der Waals surface area contributed by atoms with Crippen molar-refractivity contribution in [3.8, 4) is 11.1 Å². The van der Waals surface area contributed by atoms with E-state index in [1.807, 2.05) is 11.3 Å². The second kappa shape index (κ2) is 10.0. The zero-order valence-corrected chi connectivity index (χ0v) is 27.8. The van der Waals surface area contributed by atoms with Gasteiger partial charge in [0.15, 0.2) is 0 Å². The molecule has 228 valence electrons. The summed E-state index contributed by atoms with van der Waals surface area (Å²) < 4.78 is 2.62. The Bertz CT molecular complexity index is 2500. The van der Waals surface area contributed by atoms with E-state index in [0.717, 1.165) is 5.69 Å². The largest absolute Gasteiger partial charge is 0.308 e. The van der Waals surface area contributed by atoms with Gasteiger partial charge in [-0.25, -0.2) is 0 Å². The number of benzene rings is 7. The van der Waals surface area contributed by atoms with Crippen LogP contribution in [0.2, 0.25) is 0 Å². The first kappa shape index (κ1) is 27.7.